The third-order valence-corrected chi connectivity index (χ3v) is 4.89. The molecule has 0 amide bonds. The molecule has 27 heavy (non-hydrogen) atoms. The summed E-state index contributed by atoms with van der Waals surface area (Å²) in [6.07, 6.45) is 0. The number of hydrogen-bond donors (Lipinski definition) is 1. The average Bonchev–Trinajstić information content (AvgIpc) is 2.96. The van der Waals surface area contributed by atoms with Crippen LogP contribution in [0.1, 0.15) is 27.7 Å². The highest BCUT2D eigenvalue weighted by Crippen LogP contribution is 2.26. The molecule has 0 atom stereocenters. The van der Waals surface area contributed by atoms with E-state index in [2.05, 4.69) is 37.6 Å². The van der Waals surface area contributed by atoms with Gasteiger partial charge in [0.05, 0.1) is 11.0 Å². The number of para-hydroxylation sites is 1. The fraction of sp³-hybridized carbons (Fsp3) is 0.286. The van der Waals surface area contributed by atoms with Crippen molar-refractivity contribution in [2.24, 2.45) is 0 Å². The summed E-state index contributed by atoms with van der Waals surface area (Å²) >= 11 is 5.52. The van der Waals surface area contributed by atoms with Gasteiger partial charge in [0.2, 0.25) is 0 Å². The molecule has 0 saturated carbocycles. The smallest absolute Gasteiger partial charge is 0.265 e. The lowest BCUT2D eigenvalue weighted by atomic mass is 10.2. The maximum atomic E-state index is 5.97. The Morgan fingerprint density at radius 2 is 1.74 bits per heavy atom. The Kier molecular flexibility index (Phi) is 4.44. The molecule has 5 nitrogen and oxygen atoms in total. The average molecular weight is 379 g/mol. The zero-order chi connectivity index (χ0) is 19.1. The minimum absolute atomic E-state index is 0.267. The molecule has 2 aromatic heterocycles. The van der Waals surface area contributed by atoms with Gasteiger partial charge in [0, 0.05) is 29.1 Å². The molecular weight excluding hydrogens is 356 g/mol. The molecule has 0 aliphatic heterocycles. The van der Waals surface area contributed by atoms with Crippen LogP contribution in [0.25, 0.3) is 33.1 Å². The molecule has 0 radical (unpaired) electrons. The lowest BCUT2D eigenvalue weighted by molar-refractivity contribution is 0.254. The maximum Gasteiger partial charge on any atom is 0.265 e. The van der Waals surface area contributed by atoms with Crippen LogP contribution in [-0.2, 0) is 0 Å². The van der Waals surface area contributed by atoms with Crippen molar-refractivity contribution in [3.8, 4) is 5.75 Å². The monoisotopic (exact) mass is 378 g/mol. The first-order chi connectivity index (χ1) is 12.9. The first-order valence-corrected chi connectivity index (χ1v) is 9.53. The predicted molar refractivity (Wildman–Crippen MR) is 114 cm³/mol. The van der Waals surface area contributed by atoms with Gasteiger partial charge in [-0.15, -0.1) is 0 Å². The van der Waals surface area contributed by atoms with Crippen molar-refractivity contribution in [1.82, 2.24) is 19.9 Å². The minimum Gasteiger partial charge on any atom is -0.432 e. The molecule has 0 saturated heterocycles. The van der Waals surface area contributed by atoms with E-state index in [-0.39, 0.29) is 12.1 Å². The van der Waals surface area contributed by atoms with Crippen LogP contribution in [0.4, 0.5) is 0 Å². The van der Waals surface area contributed by atoms with Crippen molar-refractivity contribution in [3.63, 3.8) is 0 Å². The van der Waals surface area contributed by atoms with E-state index in [1.165, 1.54) is 0 Å². The summed E-state index contributed by atoms with van der Waals surface area (Å²) in [7, 11) is 0. The molecule has 138 valence electrons. The number of fused-ring (bicyclic) bond motifs is 4. The molecule has 2 aromatic carbocycles. The Balaban J connectivity index is 1.74. The molecule has 1 N–H and O–H groups in total. The van der Waals surface area contributed by atoms with Crippen molar-refractivity contribution in [1.29, 1.82) is 0 Å². The van der Waals surface area contributed by atoms with Crippen LogP contribution in [0.3, 0.4) is 0 Å². The van der Waals surface area contributed by atoms with Crippen molar-refractivity contribution < 1.29 is 4.74 Å². The van der Waals surface area contributed by atoms with E-state index in [0.29, 0.717) is 10.9 Å². The molecule has 4 rings (SSSR count). The Bertz CT molecular complexity index is 1140. The van der Waals surface area contributed by atoms with E-state index in [9.17, 15) is 0 Å². The summed E-state index contributed by atoms with van der Waals surface area (Å²) in [6.45, 7) is 8.43. The van der Waals surface area contributed by atoms with Crippen LogP contribution >= 0.6 is 12.2 Å². The van der Waals surface area contributed by atoms with E-state index in [0.717, 1.165) is 33.1 Å². The van der Waals surface area contributed by atoms with Crippen LogP contribution in [0.2, 0.25) is 0 Å². The van der Waals surface area contributed by atoms with Crippen molar-refractivity contribution in [2.45, 2.75) is 39.8 Å². The van der Waals surface area contributed by atoms with Crippen molar-refractivity contribution in [3.05, 3.63) is 42.5 Å². The number of H-pyrrole nitrogens is 1. The molecule has 2 heterocycles. The first kappa shape index (κ1) is 17.7. The Morgan fingerprint density at radius 3 is 2.48 bits per heavy atom. The standard InChI is InChI=1S/C21H22N4OS/c1-12(2)25(13(3)4)21(27)26-14-9-10-17-18(11-14)22-19-15-7-5-6-8-16(15)23-20(19)24-17/h5-13H,1-4H3,(H,23,24). The van der Waals surface area contributed by atoms with Gasteiger partial charge in [-0.25, -0.2) is 9.97 Å². The number of thiocarbonyl (C=S) groups is 1. The number of aromatic nitrogens is 3. The van der Waals surface area contributed by atoms with Gasteiger partial charge in [-0.05, 0) is 58.1 Å². The summed E-state index contributed by atoms with van der Waals surface area (Å²) in [4.78, 5) is 14.9. The van der Waals surface area contributed by atoms with Crippen LogP contribution < -0.4 is 4.74 Å². The quantitative estimate of drug-likeness (QED) is 0.506. The van der Waals surface area contributed by atoms with Gasteiger partial charge < -0.3 is 14.6 Å². The number of nitrogens with one attached hydrogen (secondary N) is 1. The van der Waals surface area contributed by atoms with Crippen LogP contribution in [-0.4, -0.2) is 37.1 Å². The van der Waals surface area contributed by atoms with Crippen LogP contribution in [0.15, 0.2) is 42.5 Å². The first-order valence-electron chi connectivity index (χ1n) is 9.12. The Morgan fingerprint density at radius 1 is 1.00 bits per heavy atom. The van der Waals surface area contributed by atoms with E-state index in [1.54, 1.807) is 0 Å². The second kappa shape index (κ2) is 6.78. The van der Waals surface area contributed by atoms with Crippen molar-refractivity contribution >= 4 is 50.5 Å². The predicted octanol–water partition coefficient (Wildman–Crippen LogP) is 5.05. The van der Waals surface area contributed by atoms with Gasteiger partial charge in [-0.1, -0.05) is 18.2 Å². The molecule has 6 heteroatoms. The van der Waals surface area contributed by atoms with Crippen LogP contribution in [0, 0.1) is 0 Å². The molecular formula is C21H22N4OS. The zero-order valence-corrected chi connectivity index (χ0v) is 16.7. The number of ether oxygens (including phenoxy) is 1. The van der Waals surface area contributed by atoms with E-state index < -0.39 is 0 Å². The Hall–Kier alpha value is -2.73. The van der Waals surface area contributed by atoms with E-state index in [4.69, 9.17) is 26.9 Å². The molecule has 0 spiro atoms. The number of hydrogen-bond acceptors (Lipinski definition) is 4. The summed E-state index contributed by atoms with van der Waals surface area (Å²) in [5.41, 5.74) is 4.29. The number of benzene rings is 2. The molecule has 0 unspecified atom stereocenters. The minimum atomic E-state index is 0.267. The highest BCUT2D eigenvalue weighted by Gasteiger charge is 2.19. The molecule has 0 aliphatic carbocycles. The highest BCUT2D eigenvalue weighted by atomic mass is 32.1. The van der Waals surface area contributed by atoms with Gasteiger partial charge >= 0.3 is 0 Å². The molecule has 0 fully saturated rings. The largest absolute Gasteiger partial charge is 0.432 e. The van der Waals surface area contributed by atoms with Gasteiger partial charge in [-0.3, -0.25) is 0 Å². The molecule has 0 bridgehead atoms. The fourth-order valence-electron chi connectivity index (χ4n) is 3.47. The second-order valence-electron chi connectivity index (χ2n) is 7.20. The molecule has 0 aliphatic rings. The number of nitrogens with zero attached hydrogens (tertiary/aromatic N) is 3. The van der Waals surface area contributed by atoms with Gasteiger partial charge in [-0.2, -0.15) is 0 Å². The van der Waals surface area contributed by atoms with Gasteiger partial charge in [0.1, 0.15) is 11.3 Å². The molecule has 4 aromatic rings. The second-order valence-corrected chi connectivity index (χ2v) is 7.55. The van der Waals surface area contributed by atoms with E-state index >= 15 is 0 Å². The summed E-state index contributed by atoms with van der Waals surface area (Å²) in [5, 5.41) is 1.54. The van der Waals surface area contributed by atoms with Crippen molar-refractivity contribution in [2.75, 3.05) is 0 Å². The SMILES string of the molecule is CC(C)N(C(=S)Oc1ccc2nc3[nH]c4ccccc4c3nc2c1)C(C)C. The topological polar surface area (TPSA) is 54.0 Å². The number of aromatic amines is 1. The van der Waals surface area contributed by atoms with Crippen LogP contribution in [0.5, 0.6) is 5.75 Å². The third-order valence-electron chi connectivity index (χ3n) is 4.60. The van der Waals surface area contributed by atoms with Gasteiger partial charge in [0.15, 0.2) is 5.65 Å². The third kappa shape index (κ3) is 3.21. The van der Waals surface area contributed by atoms with Gasteiger partial charge in [0.25, 0.3) is 5.17 Å². The lowest BCUT2D eigenvalue weighted by Gasteiger charge is -2.32. The normalized spacial score (nSPS) is 11.8. The fourth-order valence-corrected chi connectivity index (χ4v) is 3.99. The summed E-state index contributed by atoms with van der Waals surface area (Å²) < 4.78 is 5.97. The Labute approximate surface area is 163 Å². The highest BCUT2D eigenvalue weighted by molar-refractivity contribution is 7.80. The van der Waals surface area contributed by atoms with E-state index in [1.807, 2.05) is 42.5 Å². The summed E-state index contributed by atoms with van der Waals surface area (Å²) in [5.74, 6) is 0.673. The number of rotatable bonds is 3. The lowest BCUT2D eigenvalue weighted by Crippen LogP contribution is -2.43. The zero-order valence-electron chi connectivity index (χ0n) is 15.9. The maximum absolute atomic E-state index is 5.97. The summed E-state index contributed by atoms with van der Waals surface area (Å²) in [6, 6.07) is 14.3.